The molecule has 3 rings (SSSR count). The van der Waals surface area contributed by atoms with Crippen LogP contribution in [0.3, 0.4) is 0 Å². The van der Waals surface area contributed by atoms with Gasteiger partial charge in [-0.15, -0.1) is 10.2 Å². The number of benzene rings is 1. The van der Waals surface area contributed by atoms with Crippen molar-refractivity contribution in [1.29, 1.82) is 0 Å². The molecule has 1 aromatic heterocycles. The maximum absolute atomic E-state index is 11.4. The molecule has 3 N–H and O–H groups in total. The summed E-state index contributed by atoms with van der Waals surface area (Å²) in [6, 6.07) is 3.95. The fraction of sp³-hybridized carbons (Fsp3) is 0.429. The number of nitro groups is 1. The van der Waals surface area contributed by atoms with E-state index in [2.05, 4.69) is 15.5 Å². The number of hydrogen-bond donors (Lipinski definition) is 2. The van der Waals surface area contributed by atoms with Crippen molar-refractivity contribution in [2.75, 3.05) is 5.32 Å². The van der Waals surface area contributed by atoms with Crippen molar-refractivity contribution in [2.24, 2.45) is 5.14 Å². The number of hydrogen-bond acceptors (Lipinski definition) is 9. The molecule has 1 aromatic carbocycles. The van der Waals surface area contributed by atoms with Crippen LogP contribution in [-0.2, 0) is 10.0 Å². The lowest BCUT2D eigenvalue weighted by atomic mass is 9.96. The Morgan fingerprint density at radius 2 is 2.00 bits per heavy atom. The lowest BCUT2D eigenvalue weighted by molar-refractivity contribution is -0.388. The van der Waals surface area contributed by atoms with Crippen molar-refractivity contribution in [3.8, 4) is 0 Å². The number of rotatable bonds is 6. The van der Waals surface area contributed by atoms with Crippen LogP contribution in [0, 0.1) is 10.1 Å². The summed E-state index contributed by atoms with van der Waals surface area (Å²) in [7, 11) is -4.01. The zero-order valence-electron chi connectivity index (χ0n) is 13.6. The van der Waals surface area contributed by atoms with Crippen molar-refractivity contribution < 1.29 is 13.3 Å². The highest BCUT2D eigenvalue weighted by Gasteiger charge is 2.21. The molecule has 0 unspecified atom stereocenters. The van der Waals surface area contributed by atoms with Crippen LogP contribution in [-0.4, -0.2) is 29.6 Å². The number of aromatic nitrogens is 2. The highest BCUT2D eigenvalue weighted by Crippen LogP contribution is 2.38. The highest BCUT2D eigenvalue weighted by atomic mass is 32.2. The molecule has 26 heavy (non-hydrogen) atoms. The molecule has 12 heteroatoms. The molecule has 9 nitrogen and oxygen atoms in total. The molecule has 1 fully saturated rings. The molecule has 0 atom stereocenters. The van der Waals surface area contributed by atoms with Gasteiger partial charge < -0.3 is 5.32 Å². The molecule has 0 radical (unpaired) electrons. The van der Waals surface area contributed by atoms with Crippen molar-refractivity contribution in [2.45, 2.75) is 52.3 Å². The second-order valence-corrected chi connectivity index (χ2v) is 9.71. The monoisotopic (exact) mass is 415 g/mol. The van der Waals surface area contributed by atoms with Crippen LogP contribution in [0.2, 0.25) is 0 Å². The average molecular weight is 416 g/mol. The highest BCUT2D eigenvalue weighted by molar-refractivity contribution is 8.01. The summed E-state index contributed by atoms with van der Waals surface area (Å²) in [5.74, 6) is 0. The van der Waals surface area contributed by atoms with Crippen LogP contribution in [0.4, 0.5) is 10.8 Å². The van der Waals surface area contributed by atoms with Crippen LogP contribution in [0.25, 0.3) is 0 Å². The van der Waals surface area contributed by atoms with E-state index in [1.807, 2.05) is 0 Å². The first-order valence-electron chi connectivity index (χ1n) is 7.92. The van der Waals surface area contributed by atoms with E-state index < -0.39 is 14.9 Å². The summed E-state index contributed by atoms with van der Waals surface area (Å²) in [4.78, 5) is 10.6. The van der Waals surface area contributed by atoms with Crippen LogP contribution in [0.5, 0.6) is 0 Å². The topological polar surface area (TPSA) is 141 Å². The molecule has 1 heterocycles. The van der Waals surface area contributed by atoms with E-state index in [9.17, 15) is 18.5 Å². The molecule has 0 saturated heterocycles. The summed E-state index contributed by atoms with van der Waals surface area (Å²) < 4.78 is 23.3. The summed E-state index contributed by atoms with van der Waals surface area (Å²) in [5.41, 5.74) is -0.335. The Labute approximate surface area is 158 Å². The number of sulfonamides is 1. The molecule has 1 aliphatic rings. The average Bonchev–Trinajstić information content (AvgIpc) is 3.02. The Bertz CT molecular complexity index is 909. The van der Waals surface area contributed by atoms with Gasteiger partial charge >= 0.3 is 0 Å². The van der Waals surface area contributed by atoms with Gasteiger partial charge in [-0.25, -0.2) is 13.6 Å². The first-order valence-corrected chi connectivity index (χ1v) is 11.1. The maximum Gasteiger partial charge on any atom is 0.284 e. The van der Waals surface area contributed by atoms with Crippen LogP contribution in [0.1, 0.15) is 32.1 Å². The molecule has 1 aliphatic carbocycles. The molecule has 140 valence electrons. The van der Waals surface area contributed by atoms with E-state index in [0.717, 1.165) is 30.7 Å². The summed E-state index contributed by atoms with van der Waals surface area (Å²) in [6.45, 7) is 0. The number of nitrogens with two attached hydrogens (primary N) is 1. The SMILES string of the molecule is NS(=O)(=O)c1ccc(Sc2nnc(NC3CCCCC3)s2)c([N+](=O)[O-])c1. The predicted molar refractivity (Wildman–Crippen MR) is 99.0 cm³/mol. The van der Waals surface area contributed by atoms with E-state index in [1.165, 1.54) is 42.7 Å². The normalized spacial score (nSPS) is 15.7. The summed E-state index contributed by atoms with van der Waals surface area (Å²) in [5, 5.41) is 28.5. The number of nitrogens with zero attached hydrogens (tertiary/aromatic N) is 3. The zero-order chi connectivity index (χ0) is 18.7. The Kier molecular flexibility index (Phi) is 5.75. The number of nitrogens with one attached hydrogen (secondary N) is 1. The number of nitro benzene ring substituents is 1. The minimum atomic E-state index is -4.01. The van der Waals surface area contributed by atoms with Gasteiger partial charge in [0.25, 0.3) is 5.69 Å². The van der Waals surface area contributed by atoms with Crippen LogP contribution in [0.15, 0.2) is 32.3 Å². The van der Waals surface area contributed by atoms with Gasteiger partial charge in [-0.3, -0.25) is 10.1 Å². The second-order valence-electron chi connectivity index (χ2n) is 5.89. The largest absolute Gasteiger partial charge is 0.357 e. The van der Waals surface area contributed by atoms with Gasteiger partial charge in [0.05, 0.1) is 14.7 Å². The first kappa shape index (κ1) is 19.0. The third kappa shape index (κ3) is 4.69. The Morgan fingerprint density at radius 1 is 1.27 bits per heavy atom. The van der Waals surface area contributed by atoms with Crippen LogP contribution >= 0.6 is 23.1 Å². The third-order valence-corrected chi connectivity index (χ3v) is 6.87. The Balaban J connectivity index is 1.77. The fourth-order valence-electron chi connectivity index (χ4n) is 2.73. The van der Waals surface area contributed by atoms with E-state index in [4.69, 9.17) is 5.14 Å². The van der Waals surface area contributed by atoms with Gasteiger partial charge in [-0.05, 0) is 36.7 Å². The van der Waals surface area contributed by atoms with Gasteiger partial charge in [0, 0.05) is 12.1 Å². The smallest absolute Gasteiger partial charge is 0.284 e. The first-order chi connectivity index (χ1) is 12.3. The fourth-order valence-corrected chi connectivity index (χ4v) is 5.13. The summed E-state index contributed by atoms with van der Waals surface area (Å²) >= 11 is 2.39. The van der Waals surface area contributed by atoms with Crippen molar-refractivity contribution in [3.05, 3.63) is 28.3 Å². The zero-order valence-corrected chi connectivity index (χ0v) is 16.1. The molecule has 0 spiro atoms. The van der Waals surface area contributed by atoms with E-state index in [1.54, 1.807) is 0 Å². The lowest BCUT2D eigenvalue weighted by Gasteiger charge is -2.21. The number of anilines is 1. The standard InChI is InChI=1S/C14H17N5O4S3/c15-26(22,23)10-6-7-12(11(8-10)19(20)21)24-14-18-17-13(25-14)16-9-4-2-1-3-5-9/h6-9H,1-5H2,(H,16,17)(H2,15,22,23). The van der Waals surface area contributed by atoms with Gasteiger partial charge in [0.1, 0.15) is 0 Å². The van der Waals surface area contributed by atoms with Gasteiger partial charge in [0.15, 0.2) is 4.34 Å². The molecular formula is C14H17N5O4S3. The van der Waals surface area contributed by atoms with Crippen molar-refractivity contribution in [1.82, 2.24) is 10.2 Å². The minimum Gasteiger partial charge on any atom is -0.357 e. The quantitative estimate of drug-likeness (QED) is 0.542. The third-order valence-electron chi connectivity index (χ3n) is 3.99. The maximum atomic E-state index is 11.4. The van der Waals surface area contributed by atoms with Crippen LogP contribution < -0.4 is 10.5 Å². The molecular weight excluding hydrogens is 398 g/mol. The van der Waals surface area contributed by atoms with E-state index >= 15 is 0 Å². The van der Waals surface area contributed by atoms with E-state index in [-0.39, 0.29) is 15.5 Å². The van der Waals surface area contributed by atoms with Gasteiger partial charge in [0.2, 0.25) is 15.2 Å². The van der Waals surface area contributed by atoms with E-state index in [0.29, 0.717) is 15.5 Å². The predicted octanol–water partition coefficient (Wildman–Crippen LogP) is 2.99. The molecule has 0 amide bonds. The molecule has 0 bridgehead atoms. The Hall–Kier alpha value is -1.76. The molecule has 1 saturated carbocycles. The molecule has 2 aromatic rings. The van der Waals surface area contributed by atoms with Gasteiger partial charge in [-0.1, -0.05) is 30.6 Å². The van der Waals surface area contributed by atoms with Crippen molar-refractivity contribution in [3.63, 3.8) is 0 Å². The molecule has 0 aliphatic heterocycles. The van der Waals surface area contributed by atoms with Gasteiger partial charge in [-0.2, -0.15) is 0 Å². The second kappa shape index (κ2) is 7.86. The number of primary sulfonamides is 1. The Morgan fingerprint density at radius 3 is 2.65 bits per heavy atom. The van der Waals surface area contributed by atoms with Crippen molar-refractivity contribution >= 4 is 43.9 Å². The summed E-state index contributed by atoms with van der Waals surface area (Å²) in [6.07, 6.45) is 5.85. The minimum absolute atomic E-state index is 0.280. The lowest BCUT2D eigenvalue weighted by Crippen LogP contribution is -2.21.